The quantitative estimate of drug-likeness (QED) is 0.780. The van der Waals surface area contributed by atoms with E-state index in [9.17, 15) is 4.79 Å². The number of carbonyl (C=O) groups is 1. The molecule has 122 valence electrons. The molecule has 2 rings (SSSR count). The highest BCUT2D eigenvalue weighted by Gasteiger charge is 2.35. The molecule has 1 unspecified atom stereocenters. The predicted octanol–water partition coefficient (Wildman–Crippen LogP) is 1.17. The maximum absolute atomic E-state index is 12.5. The van der Waals surface area contributed by atoms with Crippen LogP contribution in [0.15, 0.2) is 18.2 Å². The molecule has 0 bridgehead atoms. The van der Waals surface area contributed by atoms with Crippen LogP contribution in [-0.4, -0.2) is 50.8 Å². The molecule has 6 nitrogen and oxygen atoms in total. The lowest BCUT2D eigenvalue weighted by atomic mass is 10.1. The fraction of sp³-hybridized carbons (Fsp3) is 0.562. The highest BCUT2D eigenvalue weighted by atomic mass is 16.5. The zero-order valence-electron chi connectivity index (χ0n) is 13.4. The summed E-state index contributed by atoms with van der Waals surface area (Å²) >= 11 is 0. The summed E-state index contributed by atoms with van der Waals surface area (Å²) < 4.78 is 15.6. The van der Waals surface area contributed by atoms with Crippen molar-refractivity contribution in [2.24, 2.45) is 5.73 Å². The van der Waals surface area contributed by atoms with E-state index in [0.29, 0.717) is 6.54 Å². The lowest BCUT2D eigenvalue weighted by Crippen LogP contribution is -2.46. The van der Waals surface area contributed by atoms with Crippen LogP contribution in [0.2, 0.25) is 0 Å². The Balaban J connectivity index is 2.19. The number of nitrogens with two attached hydrogens (primary N) is 1. The fourth-order valence-electron chi connectivity index (χ4n) is 2.43. The van der Waals surface area contributed by atoms with Gasteiger partial charge in [0.25, 0.3) is 0 Å². The first-order valence-corrected chi connectivity index (χ1v) is 7.36. The van der Waals surface area contributed by atoms with Crippen LogP contribution < -0.4 is 15.2 Å². The lowest BCUT2D eigenvalue weighted by Gasteiger charge is -2.26. The number of ether oxygens (including phenoxy) is 3. The summed E-state index contributed by atoms with van der Waals surface area (Å²) in [6.45, 7) is 0.679. The minimum Gasteiger partial charge on any atom is -0.497 e. The van der Waals surface area contributed by atoms with Gasteiger partial charge in [-0.2, -0.15) is 0 Å². The van der Waals surface area contributed by atoms with E-state index in [2.05, 4.69) is 0 Å². The van der Waals surface area contributed by atoms with Gasteiger partial charge in [0.15, 0.2) is 0 Å². The van der Waals surface area contributed by atoms with Crippen LogP contribution >= 0.6 is 0 Å². The number of benzene rings is 1. The zero-order chi connectivity index (χ0) is 16.1. The Labute approximate surface area is 131 Å². The second-order valence-corrected chi connectivity index (χ2v) is 5.44. The second kappa shape index (κ2) is 7.47. The number of nitrogens with zero attached hydrogens (tertiary/aromatic N) is 1. The van der Waals surface area contributed by atoms with Crippen molar-refractivity contribution in [2.75, 3.05) is 27.9 Å². The fourth-order valence-corrected chi connectivity index (χ4v) is 2.43. The van der Waals surface area contributed by atoms with Gasteiger partial charge in [0.05, 0.1) is 20.8 Å². The van der Waals surface area contributed by atoms with Crippen LogP contribution in [-0.2, 0) is 16.1 Å². The summed E-state index contributed by atoms with van der Waals surface area (Å²) in [4.78, 5) is 14.3. The summed E-state index contributed by atoms with van der Waals surface area (Å²) in [5.41, 5.74) is 6.81. The molecule has 2 N–H and O–H groups in total. The average Bonchev–Trinajstić information content (AvgIpc) is 3.36. The van der Waals surface area contributed by atoms with Crippen molar-refractivity contribution in [3.8, 4) is 11.5 Å². The zero-order valence-corrected chi connectivity index (χ0v) is 13.4. The molecule has 1 amide bonds. The van der Waals surface area contributed by atoms with Crippen molar-refractivity contribution in [1.29, 1.82) is 0 Å². The summed E-state index contributed by atoms with van der Waals surface area (Å²) in [5, 5.41) is 0. The summed E-state index contributed by atoms with van der Waals surface area (Å²) in [7, 11) is 4.77. The predicted molar refractivity (Wildman–Crippen MR) is 83.0 cm³/mol. The first-order valence-electron chi connectivity index (χ1n) is 7.36. The van der Waals surface area contributed by atoms with Gasteiger partial charge in [-0.3, -0.25) is 4.79 Å². The van der Waals surface area contributed by atoms with Crippen LogP contribution in [0.3, 0.4) is 0 Å². The van der Waals surface area contributed by atoms with Crippen molar-refractivity contribution in [1.82, 2.24) is 4.90 Å². The third-order valence-electron chi connectivity index (χ3n) is 3.76. The Hall–Kier alpha value is -1.79. The monoisotopic (exact) mass is 308 g/mol. The SMILES string of the molecule is COCC(N)C(=O)N(Cc1cc(OC)ccc1OC)C1CC1. The van der Waals surface area contributed by atoms with Crippen LogP contribution in [0.1, 0.15) is 18.4 Å². The molecular weight excluding hydrogens is 284 g/mol. The summed E-state index contributed by atoms with van der Waals surface area (Å²) in [6, 6.07) is 5.19. The number of hydrogen-bond donors (Lipinski definition) is 1. The molecular formula is C16H24N2O4. The van der Waals surface area contributed by atoms with E-state index in [1.54, 1.807) is 21.3 Å². The smallest absolute Gasteiger partial charge is 0.242 e. The Kier molecular flexibility index (Phi) is 5.63. The van der Waals surface area contributed by atoms with Gasteiger partial charge in [0, 0.05) is 25.3 Å². The molecule has 1 fully saturated rings. The Morgan fingerprint density at radius 1 is 1.32 bits per heavy atom. The van der Waals surface area contributed by atoms with Gasteiger partial charge in [-0.05, 0) is 31.0 Å². The van der Waals surface area contributed by atoms with Crippen LogP contribution in [0.5, 0.6) is 11.5 Å². The topological polar surface area (TPSA) is 74.0 Å². The molecule has 0 aromatic heterocycles. The van der Waals surface area contributed by atoms with Gasteiger partial charge in [-0.1, -0.05) is 0 Å². The van der Waals surface area contributed by atoms with Crippen molar-refractivity contribution in [3.63, 3.8) is 0 Å². The van der Waals surface area contributed by atoms with Crippen molar-refractivity contribution in [2.45, 2.75) is 31.5 Å². The number of carbonyl (C=O) groups excluding carboxylic acids is 1. The highest BCUT2D eigenvalue weighted by Crippen LogP contribution is 2.32. The van der Waals surface area contributed by atoms with Gasteiger partial charge in [-0.15, -0.1) is 0 Å². The number of hydrogen-bond acceptors (Lipinski definition) is 5. The van der Waals surface area contributed by atoms with Crippen molar-refractivity contribution in [3.05, 3.63) is 23.8 Å². The van der Waals surface area contributed by atoms with Gasteiger partial charge in [-0.25, -0.2) is 0 Å². The van der Waals surface area contributed by atoms with E-state index >= 15 is 0 Å². The molecule has 1 aromatic rings. The highest BCUT2D eigenvalue weighted by molar-refractivity contribution is 5.82. The molecule has 1 aromatic carbocycles. The molecule has 1 atom stereocenters. The molecule has 1 aliphatic carbocycles. The van der Waals surface area contributed by atoms with Gasteiger partial charge >= 0.3 is 0 Å². The van der Waals surface area contributed by atoms with Gasteiger partial charge < -0.3 is 24.8 Å². The Morgan fingerprint density at radius 3 is 2.59 bits per heavy atom. The second-order valence-electron chi connectivity index (χ2n) is 5.44. The largest absolute Gasteiger partial charge is 0.497 e. The van der Waals surface area contributed by atoms with E-state index in [0.717, 1.165) is 29.9 Å². The number of methoxy groups -OCH3 is 3. The van der Waals surface area contributed by atoms with E-state index in [4.69, 9.17) is 19.9 Å². The molecule has 1 saturated carbocycles. The number of amides is 1. The molecule has 0 heterocycles. The van der Waals surface area contributed by atoms with E-state index in [-0.39, 0.29) is 18.6 Å². The standard InChI is InChI=1S/C16H24N2O4/c1-20-10-14(17)16(19)18(12-4-5-12)9-11-8-13(21-2)6-7-15(11)22-3/h6-8,12,14H,4-5,9-10,17H2,1-3H3. The first kappa shape index (κ1) is 16.6. The van der Waals surface area contributed by atoms with E-state index in [1.807, 2.05) is 23.1 Å². The van der Waals surface area contributed by atoms with E-state index in [1.165, 1.54) is 0 Å². The molecule has 6 heteroatoms. The van der Waals surface area contributed by atoms with Gasteiger partial charge in [0.2, 0.25) is 5.91 Å². The normalized spacial score (nSPS) is 15.3. The summed E-state index contributed by atoms with van der Waals surface area (Å²) in [5.74, 6) is 1.38. The first-order chi connectivity index (χ1) is 10.6. The molecule has 1 aliphatic rings. The summed E-state index contributed by atoms with van der Waals surface area (Å²) in [6.07, 6.45) is 2.02. The molecule has 0 spiro atoms. The van der Waals surface area contributed by atoms with Crippen molar-refractivity contribution >= 4 is 5.91 Å². The van der Waals surface area contributed by atoms with E-state index < -0.39 is 6.04 Å². The van der Waals surface area contributed by atoms with Crippen LogP contribution in [0.4, 0.5) is 0 Å². The van der Waals surface area contributed by atoms with Crippen LogP contribution in [0.25, 0.3) is 0 Å². The third-order valence-corrected chi connectivity index (χ3v) is 3.76. The molecule has 0 aliphatic heterocycles. The number of rotatable bonds is 8. The minimum atomic E-state index is -0.637. The Morgan fingerprint density at radius 2 is 2.05 bits per heavy atom. The minimum absolute atomic E-state index is 0.0887. The van der Waals surface area contributed by atoms with Gasteiger partial charge in [0.1, 0.15) is 17.5 Å². The molecule has 0 saturated heterocycles. The maximum Gasteiger partial charge on any atom is 0.242 e. The molecule has 0 radical (unpaired) electrons. The molecule has 22 heavy (non-hydrogen) atoms. The third kappa shape index (κ3) is 3.90. The maximum atomic E-state index is 12.5. The Bertz CT molecular complexity index is 517. The van der Waals surface area contributed by atoms with Crippen LogP contribution in [0, 0.1) is 0 Å². The average molecular weight is 308 g/mol. The lowest BCUT2D eigenvalue weighted by molar-refractivity contribution is -0.135. The van der Waals surface area contributed by atoms with Crippen molar-refractivity contribution < 1.29 is 19.0 Å².